The first-order valence-electron chi connectivity index (χ1n) is 10.6. The van der Waals surface area contributed by atoms with Crippen LogP contribution in [0.2, 0.25) is 0 Å². The fourth-order valence-electron chi connectivity index (χ4n) is 4.29. The normalized spacial score (nSPS) is 26.4. The maximum atomic E-state index is 13.3. The zero-order valence-electron chi connectivity index (χ0n) is 17.9. The molecule has 0 bridgehead atoms. The molecule has 2 aliphatic rings. The van der Waals surface area contributed by atoms with E-state index in [4.69, 9.17) is 4.74 Å². The smallest absolute Gasteiger partial charge is 0.250 e. The molecule has 2 saturated heterocycles. The Balaban J connectivity index is 1.52. The Morgan fingerprint density at radius 2 is 1.87 bits per heavy atom. The van der Waals surface area contributed by atoms with Crippen molar-refractivity contribution >= 4 is 34.2 Å². The van der Waals surface area contributed by atoms with Crippen LogP contribution in [0.5, 0.6) is 0 Å². The maximum Gasteiger partial charge on any atom is 0.250 e. The third-order valence-corrected chi connectivity index (χ3v) is 6.17. The largest absolute Gasteiger partial charge is 0.353 e. The fraction of sp³-hybridized carbons (Fsp3) is 0.435. The van der Waals surface area contributed by atoms with Crippen molar-refractivity contribution in [1.29, 1.82) is 0 Å². The van der Waals surface area contributed by atoms with Crippen LogP contribution in [0, 0.1) is 0 Å². The molecule has 8 nitrogen and oxygen atoms in total. The highest BCUT2D eigenvalue weighted by Crippen LogP contribution is 2.33. The molecule has 164 valence electrons. The summed E-state index contributed by atoms with van der Waals surface area (Å²) in [4.78, 5) is 40.3. The third-order valence-electron chi connectivity index (χ3n) is 6.17. The lowest BCUT2D eigenvalue weighted by molar-refractivity contribution is -0.178. The molecular weight excluding hydrogens is 396 g/mol. The van der Waals surface area contributed by atoms with Gasteiger partial charge < -0.3 is 25.6 Å². The average molecular weight is 425 g/mol. The number of likely N-dealkylation sites (N-methyl/N-ethyl adjacent to an activating group) is 1. The SMILES string of the molecule is CNC(C)C(=O)N[C@@H]1C(=O)N2C(C(=O)Nc3cccc4ccccc34)CC[C@@H]2O[C@@H]1C. The number of carbonyl (C=O) groups excluding carboxylic acids is 3. The van der Waals surface area contributed by atoms with Crippen LogP contribution in [0.15, 0.2) is 42.5 Å². The van der Waals surface area contributed by atoms with Gasteiger partial charge in [0.2, 0.25) is 11.8 Å². The van der Waals surface area contributed by atoms with E-state index in [0.29, 0.717) is 18.5 Å². The van der Waals surface area contributed by atoms with Crippen LogP contribution in [0.25, 0.3) is 10.8 Å². The van der Waals surface area contributed by atoms with Gasteiger partial charge in [0.1, 0.15) is 18.3 Å². The summed E-state index contributed by atoms with van der Waals surface area (Å²) in [6.07, 6.45) is 0.159. The summed E-state index contributed by atoms with van der Waals surface area (Å²) in [5.74, 6) is -0.819. The first kappa shape index (κ1) is 21.3. The predicted molar refractivity (Wildman–Crippen MR) is 117 cm³/mol. The van der Waals surface area contributed by atoms with Gasteiger partial charge in [-0.2, -0.15) is 0 Å². The highest BCUT2D eigenvalue weighted by molar-refractivity contribution is 6.05. The summed E-state index contributed by atoms with van der Waals surface area (Å²) in [5.41, 5.74) is 0.706. The minimum Gasteiger partial charge on any atom is -0.353 e. The minimum atomic E-state index is -0.828. The van der Waals surface area contributed by atoms with Crippen LogP contribution in [0.1, 0.15) is 26.7 Å². The highest BCUT2D eigenvalue weighted by Gasteiger charge is 2.50. The molecular formula is C23H28N4O4. The van der Waals surface area contributed by atoms with Gasteiger partial charge in [-0.3, -0.25) is 14.4 Å². The second kappa shape index (κ2) is 8.64. The summed E-state index contributed by atoms with van der Waals surface area (Å²) in [6, 6.07) is 11.6. The van der Waals surface area contributed by atoms with Crippen molar-refractivity contribution in [2.24, 2.45) is 0 Å². The van der Waals surface area contributed by atoms with Crippen LogP contribution in [-0.2, 0) is 19.1 Å². The van der Waals surface area contributed by atoms with Crippen molar-refractivity contribution < 1.29 is 19.1 Å². The van der Waals surface area contributed by atoms with Gasteiger partial charge in [0.25, 0.3) is 5.91 Å². The van der Waals surface area contributed by atoms with Crippen LogP contribution in [-0.4, -0.2) is 60.1 Å². The van der Waals surface area contributed by atoms with Crippen molar-refractivity contribution in [3.63, 3.8) is 0 Å². The zero-order valence-corrected chi connectivity index (χ0v) is 17.9. The fourth-order valence-corrected chi connectivity index (χ4v) is 4.29. The average Bonchev–Trinajstić information content (AvgIpc) is 3.20. The van der Waals surface area contributed by atoms with Crippen molar-refractivity contribution in [3.8, 4) is 0 Å². The molecule has 8 heteroatoms. The standard InChI is InChI=1S/C23H28N4O4/c1-13(24-3)21(28)26-20-14(2)31-19-12-11-18(27(19)23(20)30)22(29)25-17-10-6-8-15-7-4-5-9-16(15)17/h4-10,13-14,18-20,24H,11-12H2,1-3H3,(H,25,29)(H,26,28)/t13?,14-,18?,19+,20+/m1/s1. The summed E-state index contributed by atoms with van der Waals surface area (Å²) < 4.78 is 6.00. The number of anilines is 1. The number of hydrogen-bond acceptors (Lipinski definition) is 5. The van der Waals surface area contributed by atoms with Crippen LogP contribution in [0.4, 0.5) is 5.69 Å². The van der Waals surface area contributed by atoms with E-state index in [2.05, 4.69) is 16.0 Å². The Bertz CT molecular complexity index is 1000. The van der Waals surface area contributed by atoms with E-state index >= 15 is 0 Å². The summed E-state index contributed by atoms with van der Waals surface area (Å²) in [5, 5.41) is 10.6. The van der Waals surface area contributed by atoms with Gasteiger partial charge in [0.05, 0.1) is 12.1 Å². The molecule has 0 radical (unpaired) electrons. The second-order valence-corrected chi connectivity index (χ2v) is 8.15. The van der Waals surface area contributed by atoms with Crippen LogP contribution >= 0.6 is 0 Å². The van der Waals surface area contributed by atoms with Gasteiger partial charge in [-0.25, -0.2) is 0 Å². The van der Waals surface area contributed by atoms with E-state index < -0.39 is 30.5 Å². The lowest BCUT2D eigenvalue weighted by Crippen LogP contribution is -2.64. The second-order valence-electron chi connectivity index (χ2n) is 8.15. The Morgan fingerprint density at radius 3 is 2.65 bits per heavy atom. The molecule has 3 N–H and O–H groups in total. The van der Waals surface area contributed by atoms with E-state index in [1.165, 1.54) is 4.90 Å². The number of ether oxygens (including phenoxy) is 1. The number of carbonyl (C=O) groups is 3. The number of nitrogens with zero attached hydrogens (tertiary/aromatic N) is 1. The zero-order chi connectivity index (χ0) is 22.1. The molecule has 2 fully saturated rings. The van der Waals surface area contributed by atoms with Gasteiger partial charge in [-0.05, 0) is 45.2 Å². The lowest BCUT2D eigenvalue weighted by Gasteiger charge is -2.41. The van der Waals surface area contributed by atoms with E-state index in [9.17, 15) is 14.4 Å². The first-order valence-corrected chi connectivity index (χ1v) is 10.6. The van der Waals surface area contributed by atoms with Crippen molar-refractivity contribution in [2.75, 3.05) is 12.4 Å². The highest BCUT2D eigenvalue weighted by atomic mass is 16.5. The number of benzene rings is 2. The number of amides is 3. The molecule has 5 atom stereocenters. The molecule has 4 rings (SSSR count). The van der Waals surface area contributed by atoms with Gasteiger partial charge in [0, 0.05) is 11.1 Å². The maximum absolute atomic E-state index is 13.3. The Hall–Kier alpha value is -2.97. The Labute approximate surface area is 181 Å². The number of rotatable bonds is 5. The Morgan fingerprint density at radius 1 is 1.13 bits per heavy atom. The van der Waals surface area contributed by atoms with Gasteiger partial charge in [-0.15, -0.1) is 0 Å². The molecule has 0 aliphatic carbocycles. The summed E-state index contributed by atoms with van der Waals surface area (Å²) >= 11 is 0. The minimum absolute atomic E-state index is 0.251. The molecule has 2 aromatic rings. The molecule has 0 saturated carbocycles. The van der Waals surface area contributed by atoms with Crippen LogP contribution < -0.4 is 16.0 Å². The summed E-state index contributed by atoms with van der Waals surface area (Å²) in [6.45, 7) is 3.49. The third kappa shape index (κ3) is 4.00. The molecule has 31 heavy (non-hydrogen) atoms. The van der Waals surface area contributed by atoms with Gasteiger partial charge in [0.15, 0.2) is 0 Å². The number of hydrogen-bond donors (Lipinski definition) is 3. The molecule has 3 amide bonds. The van der Waals surface area contributed by atoms with Crippen molar-refractivity contribution in [1.82, 2.24) is 15.5 Å². The Kier molecular flexibility index (Phi) is 5.93. The summed E-state index contributed by atoms with van der Waals surface area (Å²) in [7, 11) is 1.68. The van der Waals surface area contributed by atoms with Gasteiger partial charge in [-0.1, -0.05) is 36.4 Å². The first-order chi connectivity index (χ1) is 14.9. The monoisotopic (exact) mass is 424 g/mol. The quantitative estimate of drug-likeness (QED) is 0.677. The molecule has 2 aliphatic heterocycles. The predicted octanol–water partition coefficient (Wildman–Crippen LogP) is 1.61. The van der Waals surface area contributed by atoms with Gasteiger partial charge >= 0.3 is 0 Å². The molecule has 2 heterocycles. The van der Waals surface area contributed by atoms with Crippen LogP contribution in [0.3, 0.4) is 0 Å². The molecule has 0 spiro atoms. The van der Waals surface area contributed by atoms with E-state index in [0.717, 1.165) is 10.8 Å². The van der Waals surface area contributed by atoms with Crippen molar-refractivity contribution in [3.05, 3.63) is 42.5 Å². The number of fused-ring (bicyclic) bond motifs is 2. The van der Waals surface area contributed by atoms with E-state index in [-0.39, 0.29) is 17.7 Å². The number of nitrogens with one attached hydrogen (secondary N) is 3. The topological polar surface area (TPSA) is 99.8 Å². The lowest BCUT2D eigenvalue weighted by atomic mass is 10.1. The molecule has 2 unspecified atom stereocenters. The molecule has 2 aromatic carbocycles. The van der Waals surface area contributed by atoms with Crippen molar-refractivity contribution in [2.45, 2.75) is 57.1 Å². The van der Waals surface area contributed by atoms with E-state index in [1.54, 1.807) is 20.9 Å². The molecule has 0 aromatic heterocycles. The van der Waals surface area contributed by atoms with E-state index in [1.807, 2.05) is 42.5 Å².